The number of Topliss-reactive ketones (excluding diaryl/α,β-unsaturated/α-hetero) is 1. The van der Waals surface area contributed by atoms with Crippen molar-refractivity contribution < 1.29 is 13.2 Å². The third kappa shape index (κ3) is 3.13. The maximum Gasteiger partial charge on any atom is 0.232 e. The number of fused-ring (bicyclic) bond motifs is 1. The van der Waals surface area contributed by atoms with Crippen molar-refractivity contribution in [2.45, 2.75) is 13.0 Å². The van der Waals surface area contributed by atoms with Gasteiger partial charge in [0.1, 0.15) is 6.54 Å². The fraction of sp³-hybridized carbons (Fsp3) is 0.250. The van der Waals surface area contributed by atoms with Crippen molar-refractivity contribution in [3.63, 3.8) is 0 Å². The van der Waals surface area contributed by atoms with Gasteiger partial charge in [0.15, 0.2) is 5.78 Å². The zero-order valence-corrected chi connectivity index (χ0v) is 15.5. The molecule has 0 aliphatic carbocycles. The van der Waals surface area contributed by atoms with Crippen LogP contribution in [0.4, 0.5) is 5.69 Å². The minimum absolute atomic E-state index is 0.0209. The molecule has 2 aromatic heterocycles. The fourth-order valence-corrected chi connectivity index (χ4v) is 4.53. The van der Waals surface area contributed by atoms with Crippen LogP contribution in [-0.2, 0) is 23.0 Å². The van der Waals surface area contributed by atoms with Gasteiger partial charge in [0.05, 0.1) is 16.8 Å². The number of nitrogens with zero attached hydrogens (tertiary/aromatic N) is 5. The van der Waals surface area contributed by atoms with E-state index in [0.29, 0.717) is 30.0 Å². The molecule has 3 aromatic rings. The maximum atomic E-state index is 12.5. The molecule has 0 unspecified atom stereocenters. The van der Waals surface area contributed by atoms with Crippen molar-refractivity contribution in [3.8, 4) is 10.7 Å². The first-order valence-electron chi connectivity index (χ1n) is 7.87. The van der Waals surface area contributed by atoms with Crippen LogP contribution in [0.25, 0.3) is 10.7 Å². The number of tetrazole rings is 1. The van der Waals surface area contributed by atoms with Gasteiger partial charge in [-0.1, -0.05) is 6.07 Å². The van der Waals surface area contributed by atoms with Gasteiger partial charge in [-0.15, -0.1) is 21.5 Å². The molecular weight excluding hydrogens is 374 g/mol. The molecule has 8 nitrogen and oxygen atoms in total. The van der Waals surface area contributed by atoms with E-state index in [1.54, 1.807) is 18.2 Å². The van der Waals surface area contributed by atoms with Gasteiger partial charge in [-0.3, -0.25) is 9.10 Å². The standard InChI is InChI=1S/C16H15N5O3S2/c1-26(23,24)20-7-6-11-9-12(4-5-13(11)20)14(22)10-21-18-16(17-19-21)15-3-2-8-25-15/h2-5,8-9H,6-7,10H2,1H3. The molecule has 0 bridgehead atoms. The number of ketones is 1. The van der Waals surface area contributed by atoms with Crippen LogP contribution in [0.2, 0.25) is 0 Å². The average molecular weight is 389 g/mol. The largest absolute Gasteiger partial charge is 0.292 e. The monoisotopic (exact) mass is 389 g/mol. The Hall–Kier alpha value is -2.59. The molecule has 0 spiro atoms. The van der Waals surface area contributed by atoms with E-state index in [4.69, 9.17) is 0 Å². The summed E-state index contributed by atoms with van der Waals surface area (Å²) in [6, 6.07) is 8.86. The predicted octanol–water partition coefficient (Wildman–Crippen LogP) is 1.61. The number of aromatic nitrogens is 4. The van der Waals surface area contributed by atoms with Crippen LogP contribution in [0, 0.1) is 0 Å². The second-order valence-electron chi connectivity index (χ2n) is 5.97. The van der Waals surface area contributed by atoms with Crippen molar-refractivity contribution in [2.24, 2.45) is 0 Å². The number of rotatable bonds is 5. The topological polar surface area (TPSA) is 98.1 Å². The number of anilines is 1. The quantitative estimate of drug-likeness (QED) is 0.615. The minimum atomic E-state index is -3.30. The van der Waals surface area contributed by atoms with Gasteiger partial charge in [0, 0.05) is 12.1 Å². The minimum Gasteiger partial charge on any atom is -0.292 e. The fourth-order valence-electron chi connectivity index (χ4n) is 2.92. The lowest BCUT2D eigenvalue weighted by molar-refractivity contribution is 0.0961. The van der Waals surface area contributed by atoms with Crippen LogP contribution in [0.5, 0.6) is 0 Å². The molecule has 1 aromatic carbocycles. The summed E-state index contributed by atoms with van der Waals surface area (Å²) in [5.74, 6) is 0.339. The van der Waals surface area contributed by atoms with Gasteiger partial charge in [0.25, 0.3) is 0 Å². The van der Waals surface area contributed by atoms with Gasteiger partial charge in [-0.2, -0.15) is 4.80 Å². The molecule has 0 saturated carbocycles. The van der Waals surface area contributed by atoms with Crippen LogP contribution in [-0.4, -0.2) is 47.2 Å². The number of carbonyl (C=O) groups excluding carboxylic acids is 1. The summed E-state index contributed by atoms with van der Waals surface area (Å²) in [5, 5.41) is 14.0. The molecule has 1 aliphatic rings. The third-order valence-electron chi connectivity index (χ3n) is 4.13. The van der Waals surface area contributed by atoms with Crippen molar-refractivity contribution in [1.29, 1.82) is 0 Å². The summed E-state index contributed by atoms with van der Waals surface area (Å²) in [6.07, 6.45) is 1.77. The van der Waals surface area contributed by atoms with E-state index in [1.165, 1.54) is 26.7 Å². The number of hydrogen-bond donors (Lipinski definition) is 0. The molecule has 4 rings (SSSR count). The van der Waals surface area contributed by atoms with Crippen LogP contribution in [0.1, 0.15) is 15.9 Å². The van der Waals surface area contributed by atoms with E-state index < -0.39 is 10.0 Å². The number of thiophene rings is 1. The number of sulfonamides is 1. The molecule has 26 heavy (non-hydrogen) atoms. The molecule has 10 heteroatoms. The molecule has 0 N–H and O–H groups in total. The summed E-state index contributed by atoms with van der Waals surface area (Å²) < 4.78 is 24.9. The molecule has 0 atom stereocenters. The lowest BCUT2D eigenvalue weighted by Crippen LogP contribution is -2.27. The smallest absolute Gasteiger partial charge is 0.232 e. The maximum absolute atomic E-state index is 12.5. The third-order valence-corrected chi connectivity index (χ3v) is 6.18. The molecule has 0 radical (unpaired) electrons. The van der Waals surface area contributed by atoms with E-state index in [9.17, 15) is 13.2 Å². The summed E-state index contributed by atoms with van der Waals surface area (Å²) in [4.78, 5) is 14.7. The summed E-state index contributed by atoms with van der Waals surface area (Å²) in [7, 11) is -3.30. The van der Waals surface area contributed by atoms with Crippen LogP contribution in [0.3, 0.4) is 0 Å². The van der Waals surface area contributed by atoms with Crippen molar-refractivity contribution in [2.75, 3.05) is 17.1 Å². The van der Waals surface area contributed by atoms with Gasteiger partial charge >= 0.3 is 0 Å². The van der Waals surface area contributed by atoms with Gasteiger partial charge in [-0.05, 0) is 46.8 Å². The normalized spacial score (nSPS) is 13.8. The van der Waals surface area contributed by atoms with Gasteiger partial charge in [0.2, 0.25) is 15.8 Å². The Labute approximate surface area is 154 Å². The van der Waals surface area contributed by atoms with Gasteiger partial charge in [-0.25, -0.2) is 8.42 Å². The van der Waals surface area contributed by atoms with E-state index in [0.717, 1.165) is 10.4 Å². The van der Waals surface area contributed by atoms with Crippen LogP contribution >= 0.6 is 11.3 Å². The zero-order chi connectivity index (χ0) is 18.3. The van der Waals surface area contributed by atoms with Crippen LogP contribution in [0.15, 0.2) is 35.7 Å². The van der Waals surface area contributed by atoms with Crippen molar-refractivity contribution in [3.05, 3.63) is 46.8 Å². The summed E-state index contributed by atoms with van der Waals surface area (Å²) in [5.41, 5.74) is 2.00. The predicted molar refractivity (Wildman–Crippen MR) is 97.8 cm³/mol. The zero-order valence-electron chi connectivity index (χ0n) is 13.9. The molecule has 134 valence electrons. The van der Waals surface area contributed by atoms with Crippen molar-refractivity contribution in [1.82, 2.24) is 20.2 Å². The highest BCUT2D eigenvalue weighted by molar-refractivity contribution is 7.92. The molecular formula is C16H15N5O3S2. The first-order valence-corrected chi connectivity index (χ1v) is 10.6. The van der Waals surface area contributed by atoms with Gasteiger partial charge < -0.3 is 0 Å². The lowest BCUT2D eigenvalue weighted by Gasteiger charge is -2.16. The van der Waals surface area contributed by atoms with Crippen LogP contribution < -0.4 is 4.31 Å². The first kappa shape index (κ1) is 16.9. The molecule has 0 fully saturated rings. The molecule has 1 aliphatic heterocycles. The number of hydrogen-bond acceptors (Lipinski definition) is 7. The highest BCUT2D eigenvalue weighted by atomic mass is 32.2. The molecule has 0 amide bonds. The van der Waals surface area contributed by atoms with Crippen molar-refractivity contribution >= 4 is 32.8 Å². The van der Waals surface area contributed by atoms with E-state index in [1.807, 2.05) is 17.5 Å². The summed E-state index contributed by atoms with van der Waals surface area (Å²) >= 11 is 1.50. The number of carbonyl (C=O) groups is 1. The number of benzene rings is 1. The summed E-state index contributed by atoms with van der Waals surface area (Å²) in [6.45, 7) is 0.383. The molecule has 3 heterocycles. The second-order valence-corrected chi connectivity index (χ2v) is 8.83. The van der Waals surface area contributed by atoms with E-state index in [-0.39, 0.29) is 12.3 Å². The highest BCUT2D eigenvalue weighted by Gasteiger charge is 2.26. The Balaban J connectivity index is 1.53. The Bertz CT molecular complexity index is 1070. The lowest BCUT2D eigenvalue weighted by atomic mass is 10.1. The average Bonchev–Trinajstić information content (AvgIpc) is 3.33. The first-order chi connectivity index (χ1) is 12.4. The molecule has 0 saturated heterocycles. The Kier molecular flexibility index (Phi) is 4.08. The highest BCUT2D eigenvalue weighted by Crippen LogP contribution is 2.30. The SMILES string of the molecule is CS(=O)(=O)N1CCc2cc(C(=O)Cn3nnc(-c4cccs4)n3)ccc21. The Morgan fingerprint density at radius 3 is 2.88 bits per heavy atom. The Morgan fingerprint density at radius 2 is 2.15 bits per heavy atom. The van der Waals surface area contributed by atoms with E-state index in [2.05, 4.69) is 15.4 Å². The Morgan fingerprint density at radius 1 is 1.31 bits per heavy atom. The second kappa shape index (κ2) is 6.29. The van der Waals surface area contributed by atoms with E-state index >= 15 is 0 Å².